The molecule has 0 saturated carbocycles. The molecule has 1 aliphatic carbocycles. The van der Waals surface area contributed by atoms with Crippen molar-refractivity contribution in [3.63, 3.8) is 0 Å². The van der Waals surface area contributed by atoms with Gasteiger partial charge in [0.25, 0.3) is 0 Å². The van der Waals surface area contributed by atoms with Gasteiger partial charge in [-0.2, -0.15) is 0 Å². The van der Waals surface area contributed by atoms with Gasteiger partial charge in [0.05, 0.1) is 0 Å². The molecule has 2 aromatic carbocycles. The van der Waals surface area contributed by atoms with Crippen LogP contribution in [-0.2, 0) is 10.8 Å². The first-order valence-electron chi connectivity index (χ1n) is 10.4. The van der Waals surface area contributed by atoms with E-state index in [-0.39, 0.29) is 10.8 Å². The summed E-state index contributed by atoms with van der Waals surface area (Å²) in [5.41, 5.74) is 10.1. The second-order valence-corrected chi connectivity index (χ2v) is 10.1. The van der Waals surface area contributed by atoms with Gasteiger partial charge >= 0.3 is 0 Å². The molecule has 0 spiro atoms. The summed E-state index contributed by atoms with van der Waals surface area (Å²) in [6, 6.07) is 14.0. The van der Waals surface area contributed by atoms with E-state index < -0.39 is 0 Å². The summed E-state index contributed by atoms with van der Waals surface area (Å²) in [5.74, 6) is 0. The Hall–Kier alpha value is -1.82. The van der Waals surface area contributed by atoms with Crippen molar-refractivity contribution < 1.29 is 0 Å². The van der Waals surface area contributed by atoms with Crippen molar-refractivity contribution >= 4 is 6.08 Å². The molecular formula is C27H35. The molecule has 1 aliphatic rings. The number of fused-ring (bicyclic) bond motifs is 1. The normalized spacial score (nSPS) is 14.3. The molecule has 0 bridgehead atoms. The van der Waals surface area contributed by atoms with Gasteiger partial charge in [-0.25, -0.2) is 0 Å². The predicted molar refractivity (Wildman–Crippen MR) is 120 cm³/mol. The summed E-state index contributed by atoms with van der Waals surface area (Å²) in [4.78, 5) is 0. The molecule has 0 heterocycles. The van der Waals surface area contributed by atoms with E-state index in [0.717, 1.165) is 0 Å². The minimum absolute atomic E-state index is 0.141. The van der Waals surface area contributed by atoms with Crippen LogP contribution in [-0.4, -0.2) is 0 Å². The van der Waals surface area contributed by atoms with Gasteiger partial charge < -0.3 is 0 Å². The molecule has 0 nitrogen and oxygen atoms in total. The summed E-state index contributed by atoms with van der Waals surface area (Å²) >= 11 is 0. The lowest BCUT2D eigenvalue weighted by Gasteiger charge is -2.26. The molecule has 0 unspecified atom stereocenters. The fourth-order valence-electron chi connectivity index (χ4n) is 3.72. The highest BCUT2D eigenvalue weighted by molar-refractivity contribution is 5.83. The van der Waals surface area contributed by atoms with E-state index in [4.69, 9.17) is 0 Å². The lowest BCUT2D eigenvalue weighted by Crippen LogP contribution is -2.16. The van der Waals surface area contributed by atoms with Gasteiger partial charge in [0.1, 0.15) is 0 Å². The first-order chi connectivity index (χ1) is 12.6. The molecule has 0 N–H and O–H groups in total. The van der Waals surface area contributed by atoms with Crippen molar-refractivity contribution in [1.29, 1.82) is 0 Å². The van der Waals surface area contributed by atoms with Crippen LogP contribution in [0.1, 0.15) is 90.0 Å². The summed E-state index contributed by atoms with van der Waals surface area (Å²) in [5, 5.41) is 0. The van der Waals surface area contributed by atoms with Crippen molar-refractivity contribution in [2.75, 3.05) is 0 Å². The van der Waals surface area contributed by atoms with Crippen LogP contribution < -0.4 is 0 Å². The van der Waals surface area contributed by atoms with Gasteiger partial charge in [0.15, 0.2) is 0 Å². The molecule has 0 saturated heterocycles. The summed E-state index contributed by atoms with van der Waals surface area (Å²) in [6.45, 7) is 16.1. The third-order valence-corrected chi connectivity index (χ3v) is 5.61. The molecule has 27 heavy (non-hydrogen) atoms. The van der Waals surface area contributed by atoms with Crippen LogP contribution in [0, 0.1) is 6.42 Å². The minimum Gasteiger partial charge on any atom is -0.0654 e. The van der Waals surface area contributed by atoms with Gasteiger partial charge in [-0.3, -0.25) is 0 Å². The van der Waals surface area contributed by atoms with Crippen LogP contribution in [0.3, 0.4) is 0 Å². The lowest BCUT2D eigenvalue weighted by atomic mass is 9.78. The monoisotopic (exact) mass is 359 g/mol. The van der Waals surface area contributed by atoms with E-state index in [1.807, 2.05) is 0 Å². The predicted octanol–water partition coefficient (Wildman–Crippen LogP) is 8.09. The zero-order chi connectivity index (χ0) is 19.8. The van der Waals surface area contributed by atoms with Crippen molar-refractivity contribution in [2.24, 2.45) is 0 Å². The highest BCUT2D eigenvalue weighted by Gasteiger charge is 2.23. The fraction of sp³-hybridized carbons (Fsp3) is 0.444. The van der Waals surface area contributed by atoms with E-state index in [9.17, 15) is 0 Å². The molecule has 0 aliphatic heterocycles. The zero-order valence-electron chi connectivity index (χ0n) is 18.2. The molecule has 0 amide bonds. The van der Waals surface area contributed by atoms with Crippen LogP contribution in [0.2, 0.25) is 0 Å². The maximum Gasteiger partial charge on any atom is 0.0164 e. The Morgan fingerprint density at radius 1 is 0.815 bits per heavy atom. The number of allylic oxidation sites excluding steroid dienone is 1. The second kappa shape index (κ2) is 7.30. The van der Waals surface area contributed by atoms with Gasteiger partial charge in [0.2, 0.25) is 0 Å². The topological polar surface area (TPSA) is 0 Å². The smallest absolute Gasteiger partial charge is 0.0164 e. The first-order valence-corrected chi connectivity index (χ1v) is 10.4. The third-order valence-electron chi connectivity index (χ3n) is 5.61. The van der Waals surface area contributed by atoms with Gasteiger partial charge in [-0.1, -0.05) is 103 Å². The zero-order valence-corrected chi connectivity index (χ0v) is 18.2. The first kappa shape index (κ1) is 19.9. The Labute approximate surface area is 166 Å². The second-order valence-electron chi connectivity index (χ2n) is 10.1. The molecule has 0 aromatic heterocycles. The van der Waals surface area contributed by atoms with Crippen LogP contribution in [0.25, 0.3) is 17.2 Å². The summed E-state index contributed by atoms with van der Waals surface area (Å²) in [7, 11) is 0. The molecule has 0 heteroatoms. The Kier molecular flexibility index (Phi) is 5.39. The molecule has 1 radical (unpaired) electrons. The maximum absolute atomic E-state index is 2.42. The average molecular weight is 360 g/mol. The van der Waals surface area contributed by atoms with Crippen LogP contribution in [0.4, 0.5) is 0 Å². The molecule has 0 fully saturated rings. The largest absolute Gasteiger partial charge is 0.0654 e. The SMILES string of the molecule is CCCCC1=Cc2c(cccc2-c2cc(C(C)(C)C)cc(C(C)(C)C)c2)[CH]1. The van der Waals surface area contributed by atoms with E-state index in [1.54, 1.807) is 0 Å². The Balaban J connectivity index is 2.13. The van der Waals surface area contributed by atoms with E-state index in [2.05, 4.69) is 97.4 Å². The van der Waals surface area contributed by atoms with Crippen LogP contribution in [0.5, 0.6) is 0 Å². The Morgan fingerprint density at radius 3 is 2.00 bits per heavy atom. The Bertz CT molecular complexity index is 818. The van der Waals surface area contributed by atoms with Crippen LogP contribution in [0.15, 0.2) is 42.0 Å². The number of unbranched alkanes of at least 4 members (excludes halogenated alkanes) is 1. The van der Waals surface area contributed by atoms with Crippen molar-refractivity contribution in [3.8, 4) is 11.1 Å². The molecule has 143 valence electrons. The van der Waals surface area contributed by atoms with Gasteiger partial charge in [-0.05, 0) is 57.1 Å². The fourth-order valence-corrected chi connectivity index (χ4v) is 3.72. The number of hydrogen-bond donors (Lipinski definition) is 0. The number of rotatable bonds is 4. The highest BCUT2D eigenvalue weighted by atomic mass is 14.3. The summed E-state index contributed by atoms with van der Waals surface area (Å²) < 4.78 is 0. The van der Waals surface area contributed by atoms with Crippen molar-refractivity contribution in [1.82, 2.24) is 0 Å². The quantitative estimate of drug-likeness (QED) is 0.517. The van der Waals surface area contributed by atoms with E-state index in [0.29, 0.717) is 0 Å². The average Bonchev–Trinajstić information content (AvgIpc) is 3.01. The van der Waals surface area contributed by atoms with Gasteiger partial charge in [0, 0.05) is 6.42 Å². The Morgan fingerprint density at radius 2 is 1.44 bits per heavy atom. The number of hydrogen-bond acceptors (Lipinski definition) is 0. The summed E-state index contributed by atoms with van der Waals surface area (Å²) in [6.07, 6.45) is 8.49. The van der Waals surface area contributed by atoms with Crippen LogP contribution >= 0.6 is 0 Å². The minimum atomic E-state index is 0.141. The van der Waals surface area contributed by atoms with Crippen molar-refractivity contribution in [2.45, 2.75) is 78.6 Å². The molecular weight excluding hydrogens is 324 g/mol. The van der Waals surface area contributed by atoms with E-state index >= 15 is 0 Å². The molecule has 2 aromatic rings. The third kappa shape index (κ3) is 4.37. The van der Waals surface area contributed by atoms with Crippen molar-refractivity contribution in [3.05, 3.63) is 70.6 Å². The standard InChI is InChI=1S/C27H35/c1-8-9-11-19-14-20-12-10-13-24(25(20)15-19)21-16-22(26(2,3)4)18-23(17-21)27(5,6)7/h10,12-18H,8-9,11H2,1-7H3. The molecule has 0 atom stereocenters. The lowest BCUT2D eigenvalue weighted by molar-refractivity contribution is 0.569. The van der Waals surface area contributed by atoms with E-state index in [1.165, 1.54) is 58.2 Å². The molecule has 3 rings (SSSR count). The maximum atomic E-state index is 2.42. The highest BCUT2D eigenvalue weighted by Crippen LogP contribution is 2.39. The van der Waals surface area contributed by atoms with Gasteiger partial charge in [-0.15, -0.1) is 0 Å². The number of benzene rings is 2.